The van der Waals surface area contributed by atoms with E-state index in [2.05, 4.69) is 28.9 Å². The highest BCUT2D eigenvalue weighted by molar-refractivity contribution is 5.95. The van der Waals surface area contributed by atoms with E-state index in [1.165, 1.54) is 0 Å². The zero-order valence-corrected chi connectivity index (χ0v) is 19.4. The summed E-state index contributed by atoms with van der Waals surface area (Å²) in [4.78, 5) is 17.4. The quantitative estimate of drug-likeness (QED) is 0.331. The van der Waals surface area contributed by atoms with Crippen molar-refractivity contribution < 1.29 is 9.53 Å². The number of aromatic nitrogens is 2. The van der Waals surface area contributed by atoms with E-state index in [0.29, 0.717) is 19.6 Å². The minimum atomic E-state index is -0.0379. The van der Waals surface area contributed by atoms with Gasteiger partial charge in [-0.05, 0) is 62.1 Å². The van der Waals surface area contributed by atoms with Gasteiger partial charge in [0, 0.05) is 25.1 Å². The van der Waals surface area contributed by atoms with Gasteiger partial charge in [0.2, 0.25) is 0 Å². The molecule has 0 atom stereocenters. The lowest BCUT2D eigenvalue weighted by Gasteiger charge is -2.12. The average Bonchev–Trinajstić information content (AvgIpc) is 3.17. The number of fused-ring (bicyclic) bond motifs is 1. The number of hydrogen-bond donors (Lipinski definition) is 1. The lowest BCUT2D eigenvalue weighted by atomic mass is 10.1. The van der Waals surface area contributed by atoms with Gasteiger partial charge in [0.05, 0.1) is 17.6 Å². The lowest BCUT2D eigenvalue weighted by Crippen LogP contribution is -2.27. The summed E-state index contributed by atoms with van der Waals surface area (Å²) in [5, 5.41) is 3.05. The molecule has 0 aliphatic rings. The van der Waals surface area contributed by atoms with Gasteiger partial charge < -0.3 is 14.6 Å². The van der Waals surface area contributed by atoms with Crippen LogP contribution in [-0.4, -0.2) is 28.6 Å². The predicted octanol–water partition coefficient (Wildman–Crippen LogP) is 5.48. The molecule has 0 fully saturated rings. The number of nitrogens with one attached hydrogen (secondary N) is 1. The fourth-order valence-electron chi connectivity index (χ4n) is 4.05. The number of ether oxygens (including phenoxy) is 1. The van der Waals surface area contributed by atoms with Crippen molar-refractivity contribution >= 4 is 16.9 Å². The molecule has 0 spiro atoms. The molecule has 170 valence electrons. The van der Waals surface area contributed by atoms with E-state index >= 15 is 0 Å². The van der Waals surface area contributed by atoms with Crippen molar-refractivity contribution in [3.05, 3.63) is 95.3 Å². The maximum atomic E-state index is 12.5. The Hall–Kier alpha value is -3.60. The number of para-hydroxylation sites is 3. The van der Waals surface area contributed by atoms with Gasteiger partial charge in [0.25, 0.3) is 5.91 Å². The van der Waals surface area contributed by atoms with Crippen molar-refractivity contribution in [3.63, 3.8) is 0 Å². The maximum Gasteiger partial charge on any atom is 0.251 e. The van der Waals surface area contributed by atoms with Crippen molar-refractivity contribution in [2.45, 2.75) is 39.7 Å². The number of carbonyl (C=O) groups is 1. The maximum absolute atomic E-state index is 12.5. The van der Waals surface area contributed by atoms with E-state index in [0.717, 1.165) is 58.7 Å². The molecular formula is C28H31N3O2. The van der Waals surface area contributed by atoms with E-state index in [1.807, 2.05) is 67.6 Å². The van der Waals surface area contributed by atoms with Gasteiger partial charge in [0.15, 0.2) is 0 Å². The molecule has 0 unspecified atom stereocenters. The second-order valence-electron chi connectivity index (χ2n) is 8.31. The van der Waals surface area contributed by atoms with E-state index in [1.54, 1.807) is 0 Å². The van der Waals surface area contributed by atoms with E-state index in [4.69, 9.17) is 9.72 Å². The molecule has 5 heteroatoms. The van der Waals surface area contributed by atoms with Crippen LogP contribution in [0.4, 0.5) is 0 Å². The molecule has 33 heavy (non-hydrogen) atoms. The van der Waals surface area contributed by atoms with Gasteiger partial charge in [-0.3, -0.25) is 4.79 Å². The largest absolute Gasteiger partial charge is 0.493 e. The van der Waals surface area contributed by atoms with Gasteiger partial charge in [-0.15, -0.1) is 0 Å². The highest BCUT2D eigenvalue weighted by Crippen LogP contribution is 2.19. The van der Waals surface area contributed by atoms with Crippen molar-refractivity contribution in [1.29, 1.82) is 0 Å². The number of benzene rings is 3. The summed E-state index contributed by atoms with van der Waals surface area (Å²) in [6, 6.07) is 24.0. The van der Waals surface area contributed by atoms with Gasteiger partial charge in [-0.1, -0.05) is 48.5 Å². The van der Waals surface area contributed by atoms with Crippen LogP contribution in [0, 0.1) is 13.8 Å². The van der Waals surface area contributed by atoms with Crippen molar-refractivity contribution in [3.8, 4) is 5.75 Å². The van der Waals surface area contributed by atoms with E-state index in [9.17, 15) is 4.79 Å². The minimum Gasteiger partial charge on any atom is -0.493 e. The molecule has 0 bridgehead atoms. The Morgan fingerprint density at radius 1 is 0.909 bits per heavy atom. The summed E-state index contributed by atoms with van der Waals surface area (Å²) in [5.74, 6) is 1.92. The first-order chi connectivity index (χ1) is 16.1. The second-order valence-corrected chi connectivity index (χ2v) is 8.31. The third-order valence-electron chi connectivity index (χ3n) is 5.88. The summed E-state index contributed by atoms with van der Waals surface area (Å²) in [5.41, 5.74) is 4.99. The first-order valence-corrected chi connectivity index (χ1v) is 11.6. The number of aryl methyl sites for hydroxylation is 3. The van der Waals surface area contributed by atoms with Crippen LogP contribution < -0.4 is 10.1 Å². The Morgan fingerprint density at radius 2 is 1.64 bits per heavy atom. The van der Waals surface area contributed by atoms with Crippen LogP contribution in [0.1, 0.15) is 40.2 Å². The Kier molecular flexibility index (Phi) is 7.40. The van der Waals surface area contributed by atoms with Crippen molar-refractivity contribution in [2.24, 2.45) is 0 Å². The molecule has 0 radical (unpaired) electrons. The average molecular weight is 442 g/mol. The molecule has 5 nitrogen and oxygen atoms in total. The van der Waals surface area contributed by atoms with Gasteiger partial charge in [-0.25, -0.2) is 4.98 Å². The van der Waals surface area contributed by atoms with Crippen LogP contribution >= 0.6 is 0 Å². The van der Waals surface area contributed by atoms with Crippen LogP contribution in [0.3, 0.4) is 0 Å². The number of imidazole rings is 1. The summed E-state index contributed by atoms with van der Waals surface area (Å²) >= 11 is 0. The molecule has 1 N–H and O–H groups in total. The number of amides is 1. The standard InChI is InChI=1S/C28H31N3O2/c1-21-11-3-5-13-23(21)28(32)29-18-17-27-30-24-14-6-7-15-25(24)31(27)19-9-10-20-33-26-16-8-4-12-22(26)2/h3-8,11-16H,9-10,17-20H2,1-2H3,(H,29,32). The zero-order chi connectivity index (χ0) is 23.0. The Morgan fingerprint density at radius 3 is 2.45 bits per heavy atom. The fourth-order valence-corrected chi connectivity index (χ4v) is 4.05. The molecule has 3 aromatic carbocycles. The molecule has 1 aromatic heterocycles. The highest BCUT2D eigenvalue weighted by atomic mass is 16.5. The van der Waals surface area contributed by atoms with Crippen LogP contribution in [0.15, 0.2) is 72.8 Å². The van der Waals surface area contributed by atoms with Crippen LogP contribution in [0.25, 0.3) is 11.0 Å². The normalized spacial score (nSPS) is 11.0. The van der Waals surface area contributed by atoms with Crippen LogP contribution in [0.2, 0.25) is 0 Å². The first-order valence-electron chi connectivity index (χ1n) is 11.6. The second kappa shape index (κ2) is 10.8. The van der Waals surface area contributed by atoms with E-state index in [-0.39, 0.29) is 5.91 Å². The molecule has 4 aromatic rings. The number of rotatable bonds is 10. The Balaban J connectivity index is 1.35. The molecule has 1 amide bonds. The monoisotopic (exact) mass is 441 g/mol. The Labute approximate surface area is 195 Å². The number of carbonyl (C=O) groups excluding carboxylic acids is 1. The smallest absolute Gasteiger partial charge is 0.251 e. The molecule has 1 heterocycles. The topological polar surface area (TPSA) is 56.1 Å². The number of unbranched alkanes of at least 4 members (excludes halogenated alkanes) is 1. The molecule has 4 rings (SSSR count). The highest BCUT2D eigenvalue weighted by Gasteiger charge is 2.12. The summed E-state index contributed by atoms with van der Waals surface area (Å²) in [7, 11) is 0. The molecule has 0 aliphatic carbocycles. The van der Waals surface area contributed by atoms with E-state index < -0.39 is 0 Å². The van der Waals surface area contributed by atoms with Crippen molar-refractivity contribution in [2.75, 3.05) is 13.2 Å². The van der Waals surface area contributed by atoms with Crippen molar-refractivity contribution in [1.82, 2.24) is 14.9 Å². The first kappa shape index (κ1) is 22.6. The SMILES string of the molecule is Cc1ccccc1OCCCCn1c(CCNC(=O)c2ccccc2C)nc2ccccc21. The fraction of sp³-hybridized carbons (Fsp3) is 0.286. The number of hydrogen-bond acceptors (Lipinski definition) is 3. The summed E-state index contributed by atoms with van der Waals surface area (Å²) in [6.07, 6.45) is 2.64. The third kappa shape index (κ3) is 5.61. The Bertz CT molecular complexity index is 1230. The predicted molar refractivity (Wildman–Crippen MR) is 133 cm³/mol. The zero-order valence-electron chi connectivity index (χ0n) is 19.4. The minimum absolute atomic E-state index is 0.0379. The molecular weight excluding hydrogens is 410 g/mol. The van der Waals surface area contributed by atoms with Gasteiger partial charge in [0.1, 0.15) is 11.6 Å². The molecule has 0 saturated carbocycles. The summed E-state index contributed by atoms with van der Waals surface area (Å²) < 4.78 is 8.23. The molecule has 0 saturated heterocycles. The van der Waals surface area contributed by atoms with Gasteiger partial charge >= 0.3 is 0 Å². The van der Waals surface area contributed by atoms with Crippen LogP contribution in [-0.2, 0) is 13.0 Å². The lowest BCUT2D eigenvalue weighted by molar-refractivity contribution is 0.0953. The third-order valence-corrected chi connectivity index (χ3v) is 5.88. The van der Waals surface area contributed by atoms with Crippen LogP contribution in [0.5, 0.6) is 5.75 Å². The number of nitrogens with zero attached hydrogens (tertiary/aromatic N) is 2. The summed E-state index contributed by atoms with van der Waals surface area (Å²) in [6.45, 7) is 6.14. The van der Waals surface area contributed by atoms with Gasteiger partial charge in [-0.2, -0.15) is 0 Å². The molecule has 0 aliphatic heterocycles.